The normalized spacial score (nSPS) is 23.0. The van der Waals surface area contributed by atoms with Gasteiger partial charge in [-0.1, -0.05) is 6.07 Å². The summed E-state index contributed by atoms with van der Waals surface area (Å²) in [4.78, 5) is 30.8. The van der Waals surface area contributed by atoms with E-state index >= 15 is 0 Å². The smallest absolute Gasteiger partial charge is 0.416 e. The topological polar surface area (TPSA) is 104 Å². The highest BCUT2D eigenvalue weighted by Crippen LogP contribution is 2.39. The van der Waals surface area contributed by atoms with Crippen molar-refractivity contribution >= 4 is 11.8 Å². The van der Waals surface area contributed by atoms with Crippen molar-refractivity contribution in [3.8, 4) is 5.88 Å². The van der Waals surface area contributed by atoms with Crippen molar-refractivity contribution in [2.75, 3.05) is 26.7 Å². The van der Waals surface area contributed by atoms with Crippen molar-refractivity contribution in [3.63, 3.8) is 0 Å². The van der Waals surface area contributed by atoms with Gasteiger partial charge in [0.25, 0.3) is 5.91 Å². The number of carbonyl (C=O) groups excluding carboxylic acids is 2. The summed E-state index contributed by atoms with van der Waals surface area (Å²) in [7, 11) is 1.54. The Kier molecular flexibility index (Phi) is 7.51. The lowest BCUT2D eigenvalue weighted by Gasteiger charge is -2.48. The molecular formula is C25H29F3N4O4. The number of rotatable bonds is 7. The molecule has 1 saturated carbocycles. The van der Waals surface area contributed by atoms with E-state index in [0.717, 1.165) is 36.6 Å². The number of aromatic nitrogens is 1. The minimum absolute atomic E-state index is 0.0606. The first-order valence-electron chi connectivity index (χ1n) is 11.8. The van der Waals surface area contributed by atoms with E-state index in [9.17, 15) is 27.9 Å². The number of ether oxygens (including phenoxy) is 1. The maximum atomic E-state index is 12.8. The zero-order chi connectivity index (χ0) is 25.9. The molecule has 194 valence electrons. The molecule has 1 aliphatic carbocycles. The van der Waals surface area contributed by atoms with E-state index in [-0.39, 0.29) is 18.2 Å². The number of carbonyl (C=O) groups is 2. The van der Waals surface area contributed by atoms with Crippen LogP contribution in [0, 0.1) is 0 Å². The maximum absolute atomic E-state index is 12.8. The number of nitrogens with zero attached hydrogens (tertiary/aromatic N) is 2. The highest BCUT2D eigenvalue weighted by atomic mass is 19.4. The second-order valence-corrected chi connectivity index (χ2v) is 9.33. The quantitative estimate of drug-likeness (QED) is 0.533. The van der Waals surface area contributed by atoms with Gasteiger partial charge in [0.1, 0.15) is 0 Å². The molecule has 2 heterocycles. The summed E-state index contributed by atoms with van der Waals surface area (Å²) in [6.45, 7) is 1.01. The molecule has 0 atom stereocenters. The van der Waals surface area contributed by atoms with Crippen molar-refractivity contribution in [3.05, 3.63) is 59.3 Å². The van der Waals surface area contributed by atoms with E-state index in [4.69, 9.17) is 4.74 Å². The number of amides is 2. The largest absolute Gasteiger partial charge is 0.481 e. The lowest BCUT2D eigenvalue weighted by Crippen LogP contribution is -2.63. The van der Waals surface area contributed by atoms with Crippen molar-refractivity contribution < 1.29 is 32.6 Å². The van der Waals surface area contributed by atoms with Crippen LogP contribution in [0.3, 0.4) is 0 Å². The van der Waals surface area contributed by atoms with Crippen LogP contribution in [0.5, 0.6) is 5.88 Å². The lowest BCUT2D eigenvalue weighted by atomic mass is 9.77. The van der Waals surface area contributed by atoms with Crippen LogP contribution in [-0.2, 0) is 16.6 Å². The van der Waals surface area contributed by atoms with Gasteiger partial charge in [-0.2, -0.15) is 13.2 Å². The number of hydrogen-bond donors (Lipinski definition) is 3. The SMILES string of the molecule is COc1ccc([C@]2(O)CC[C@H](N3CC(NC(=O)CNC(=O)c4cccc(C(F)(F)F)c4)C3)CC2)cn1. The Labute approximate surface area is 206 Å². The summed E-state index contributed by atoms with van der Waals surface area (Å²) in [5.41, 5.74) is -1.21. The number of aliphatic hydroxyl groups is 1. The van der Waals surface area contributed by atoms with Gasteiger partial charge in [0.05, 0.1) is 30.9 Å². The summed E-state index contributed by atoms with van der Waals surface area (Å²) in [6.07, 6.45) is -0.0398. The minimum Gasteiger partial charge on any atom is -0.481 e. The molecular weight excluding hydrogens is 477 g/mol. The Balaban J connectivity index is 1.18. The fourth-order valence-electron chi connectivity index (χ4n) is 4.79. The predicted octanol–water partition coefficient (Wildman–Crippen LogP) is 2.47. The zero-order valence-corrected chi connectivity index (χ0v) is 19.8. The number of halogens is 3. The molecule has 0 bridgehead atoms. The molecule has 3 N–H and O–H groups in total. The molecule has 1 aromatic heterocycles. The number of benzene rings is 1. The summed E-state index contributed by atoms with van der Waals surface area (Å²) in [6, 6.07) is 7.89. The van der Waals surface area contributed by atoms with Crippen molar-refractivity contribution in [2.45, 2.75) is 49.5 Å². The monoisotopic (exact) mass is 506 g/mol. The molecule has 36 heavy (non-hydrogen) atoms. The van der Waals surface area contributed by atoms with Crippen LogP contribution in [-0.4, -0.2) is 65.6 Å². The van der Waals surface area contributed by atoms with Crippen LogP contribution in [0.25, 0.3) is 0 Å². The Morgan fingerprint density at radius 2 is 1.92 bits per heavy atom. The Morgan fingerprint density at radius 1 is 1.19 bits per heavy atom. The van der Waals surface area contributed by atoms with Gasteiger partial charge in [0.2, 0.25) is 11.8 Å². The molecule has 1 aliphatic heterocycles. The summed E-state index contributed by atoms with van der Waals surface area (Å²) < 4.78 is 43.5. The van der Waals surface area contributed by atoms with E-state index in [1.54, 1.807) is 19.4 Å². The first-order valence-corrected chi connectivity index (χ1v) is 11.8. The van der Waals surface area contributed by atoms with Crippen LogP contribution in [0.2, 0.25) is 0 Å². The number of methoxy groups -OCH3 is 1. The second kappa shape index (κ2) is 10.4. The van der Waals surface area contributed by atoms with Gasteiger partial charge in [0, 0.05) is 42.5 Å². The van der Waals surface area contributed by atoms with Gasteiger partial charge >= 0.3 is 6.18 Å². The van der Waals surface area contributed by atoms with Gasteiger partial charge in [0.15, 0.2) is 0 Å². The van der Waals surface area contributed by atoms with Crippen LogP contribution < -0.4 is 15.4 Å². The third-order valence-electron chi connectivity index (χ3n) is 6.92. The van der Waals surface area contributed by atoms with Gasteiger partial charge in [-0.05, 0) is 49.9 Å². The van der Waals surface area contributed by atoms with E-state index in [1.165, 1.54) is 6.07 Å². The van der Waals surface area contributed by atoms with Gasteiger partial charge < -0.3 is 20.5 Å². The number of hydrogen-bond acceptors (Lipinski definition) is 6. The van der Waals surface area contributed by atoms with Crippen molar-refractivity contribution in [1.29, 1.82) is 0 Å². The molecule has 0 spiro atoms. The molecule has 2 aliphatic rings. The second-order valence-electron chi connectivity index (χ2n) is 9.33. The zero-order valence-electron chi connectivity index (χ0n) is 19.8. The van der Waals surface area contributed by atoms with Crippen LogP contribution in [0.1, 0.15) is 47.2 Å². The third-order valence-corrected chi connectivity index (χ3v) is 6.92. The summed E-state index contributed by atoms with van der Waals surface area (Å²) in [5, 5.41) is 16.3. The lowest BCUT2D eigenvalue weighted by molar-refractivity contribution is -0.137. The Morgan fingerprint density at radius 3 is 2.53 bits per heavy atom. The van der Waals surface area contributed by atoms with E-state index < -0.39 is 29.2 Å². The molecule has 1 aromatic carbocycles. The molecule has 0 unspecified atom stereocenters. The van der Waals surface area contributed by atoms with Crippen molar-refractivity contribution in [2.24, 2.45) is 0 Å². The molecule has 2 fully saturated rings. The van der Waals surface area contributed by atoms with Gasteiger partial charge in [-0.15, -0.1) is 0 Å². The summed E-state index contributed by atoms with van der Waals surface area (Å²) >= 11 is 0. The van der Waals surface area contributed by atoms with E-state index in [1.807, 2.05) is 6.07 Å². The van der Waals surface area contributed by atoms with E-state index in [2.05, 4.69) is 20.5 Å². The Bertz CT molecular complexity index is 1080. The van der Waals surface area contributed by atoms with Gasteiger partial charge in [-0.3, -0.25) is 14.5 Å². The first kappa shape index (κ1) is 25.9. The first-order chi connectivity index (χ1) is 17.1. The molecule has 1 saturated heterocycles. The fourth-order valence-corrected chi connectivity index (χ4v) is 4.79. The third kappa shape index (κ3) is 5.96. The molecule has 2 amide bonds. The number of likely N-dealkylation sites (tertiary alicyclic amines) is 1. The maximum Gasteiger partial charge on any atom is 0.416 e. The van der Waals surface area contributed by atoms with Crippen LogP contribution >= 0.6 is 0 Å². The van der Waals surface area contributed by atoms with Crippen molar-refractivity contribution in [1.82, 2.24) is 20.5 Å². The number of nitrogens with one attached hydrogen (secondary N) is 2. The Hall–Kier alpha value is -3.18. The molecule has 4 rings (SSSR count). The summed E-state index contributed by atoms with van der Waals surface area (Å²) in [5.74, 6) is -0.641. The molecule has 0 radical (unpaired) electrons. The predicted molar refractivity (Wildman–Crippen MR) is 124 cm³/mol. The number of alkyl halides is 3. The van der Waals surface area contributed by atoms with E-state index in [0.29, 0.717) is 37.9 Å². The standard InChI is InChI=1S/C25H29F3N4O4/c1-36-22-6-5-18(12-29-22)24(35)9-7-20(8-10-24)32-14-19(15-32)31-21(33)13-30-23(34)16-3-2-4-17(11-16)25(26,27)28/h2-6,11-12,19-20,35H,7-10,13-15H2,1H3,(H,30,34)(H,31,33)/t20-,24-. The highest BCUT2D eigenvalue weighted by molar-refractivity contribution is 5.96. The molecule has 11 heteroatoms. The van der Waals surface area contributed by atoms with Crippen LogP contribution in [0.15, 0.2) is 42.6 Å². The fraction of sp³-hybridized carbons (Fsp3) is 0.480. The molecule has 2 aromatic rings. The average molecular weight is 507 g/mol. The van der Waals surface area contributed by atoms with Crippen LogP contribution in [0.4, 0.5) is 13.2 Å². The van der Waals surface area contributed by atoms with Gasteiger partial charge in [-0.25, -0.2) is 4.98 Å². The molecule has 8 nitrogen and oxygen atoms in total. The minimum atomic E-state index is -4.55. The number of pyridine rings is 1. The highest BCUT2D eigenvalue weighted by Gasteiger charge is 2.40. The average Bonchev–Trinajstić information content (AvgIpc) is 2.85.